The van der Waals surface area contributed by atoms with E-state index < -0.39 is 0 Å². The molecule has 1 atom stereocenters. The zero-order valence-electron chi connectivity index (χ0n) is 3.39. The van der Waals surface area contributed by atoms with Crippen LogP contribution in [0.1, 0.15) is 6.42 Å². The van der Waals surface area contributed by atoms with Gasteiger partial charge in [-0.3, -0.25) is 0 Å². The van der Waals surface area contributed by atoms with Crippen LogP contribution in [0.15, 0.2) is 17.9 Å². The normalized spacial score (nSPS) is 29.2. The van der Waals surface area contributed by atoms with Crippen molar-refractivity contribution in [2.24, 2.45) is 0 Å². The second-order valence-electron chi connectivity index (χ2n) is 1.34. The Balaban J connectivity index is 2.55. The van der Waals surface area contributed by atoms with Crippen molar-refractivity contribution in [3.8, 4) is 0 Å². The van der Waals surface area contributed by atoms with Gasteiger partial charge in [0.05, 0.1) is 6.10 Å². The Hall–Kier alpha value is -0.520. The van der Waals surface area contributed by atoms with Gasteiger partial charge in [0.25, 0.3) is 0 Å². The third kappa shape index (κ3) is 0.510. The van der Waals surface area contributed by atoms with Gasteiger partial charge in [-0.15, -0.1) is 5.73 Å². The highest BCUT2D eigenvalue weighted by Crippen LogP contribution is 1.98. The molecule has 6 heavy (non-hydrogen) atoms. The fourth-order valence-electron chi connectivity index (χ4n) is 0.436. The first-order chi connectivity index (χ1) is 2.89. The van der Waals surface area contributed by atoms with Crippen molar-refractivity contribution in [2.45, 2.75) is 12.5 Å². The minimum atomic E-state index is -0.245. The summed E-state index contributed by atoms with van der Waals surface area (Å²) >= 11 is 0. The van der Waals surface area contributed by atoms with Crippen molar-refractivity contribution in [3.63, 3.8) is 0 Å². The SMILES string of the molecule is OC1C=C=CC1. The Morgan fingerprint density at radius 3 is 2.83 bits per heavy atom. The van der Waals surface area contributed by atoms with Gasteiger partial charge in [0.1, 0.15) is 0 Å². The van der Waals surface area contributed by atoms with Crippen LogP contribution in [0.5, 0.6) is 0 Å². The maximum Gasteiger partial charge on any atom is 0.0834 e. The van der Waals surface area contributed by atoms with E-state index in [-0.39, 0.29) is 6.10 Å². The molecule has 1 aliphatic carbocycles. The van der Waals surface area contributed by atoms with E-state index in [9.17, 15) is 0 Å². The highest BCUT2D eigenvalue weighted by atomic mass is 16.3. The van der Waals surface area contributed by atoms with Crippen LogP contribution >= 0.6 is 0 Å². The number of hydrogen-bond donors (Lipinski definition) is 1. The van der Waals surface area contributed by atoms with Gasteiger partial charge in [-0.05, 0) is 12.2 Å². The van der Waals surface area contributed by atoms with Crippen molar-refractivity contribution in [2.75, 3.05) is 0 Å². The second-order valence-corrected chi connectivity index (χ2v) is 1.34. The Morgan fingerprint density at radius 2 is 2.67 bits per heavy atom. The number of rotatable bonds is 0. The van der Waals surface area contributed by atoms with Gasteiger partial charge >= 0.3 is 0 Å². The Kier molecular flexibility index (Phi) is 0.789. The van der Waals surface area contributed by atoms with Gasteiger partial charge in [-0.25, -0.2) is 0 Å². The molecule has 1 nitrogen and oxygen atoms in total. The van der Waals surface area contributed by atoms with E-state index >= 15 is 0 Å². The third-order valence-corrected chi connectivity index (χ3v) is 0.766. The lowest BCUT2D eigenvalue weighted by molar-refractivity contribution is 0.231. The van der Waals surface area contributed by atoms with E-state index in [0.29, 0.717) is 0 Å². The molecule has 0 heterocycles. The molecule has 0 aromatic carbocycles. The van der Waals surface area contributed by atoms with E-state index in [2.05, 4.69) is 5.73 Å². The van der Waals surface area contributed by atoms with Gasteiger partial charge in [-0.1, -0.05) is 0 Å². The maximum atomic E-state index is 8.58. The quantitative estimate of drug-likeness (QED) is 0.421. The van der Waals surface area contributed by atoms with E-state index in [0.717, 1.165) is 6.42 Å². The molecule has 1 rings (SSSR count). The van der Waals surface area contributed by atoms with Crippen molar-refractivity contribution in [1.29, 1.82) is 0 Å². The zero-order chi connectivity index (χ0) is 4.41. The topological polar surface area (TPSA) is 20.2 Å². The van der Waals surface area contributed by atoms with Gasteiger partial charge in [0, 0.05) is 6.42 Å². The summed E-state index contributed by atoms with van der Waals surface area (Å²) in [6.45, 7) is 0. The molecule has 0 bridgehead atoms. The molecule has 0 spiro atoms. The Morgan fingerprint density at radius 1 is 1.83 bits per heavy atom. The summed E-state index contributed by atoms with van der Waals surface area (Å²) in [4.78, 5) is 0. The summed E-state index contributed by atoms with van der Waals surface area (Å²) in [6.07, 6.45) is 3.98. The average molecular weight is 82.1 g/mol. The summed E-state index contributed by atoms with van der Waals surface area (Å²) < 4.78 is 0. The molecule has 1 unspecified atom stereocenters. The first-order valence-electron chi connectivity index (χ1n) is 1.99. The van der Waals surface area contributed by atoms with Crippen molar-refractivity contribution < 1.29 is 5.11 Å². The summed E-state index contributed by atoms with van der Waals surface area (Å²) in [5, 5.41) is 8.58. The smallest absolute Gasteiger partial charge is 0.0834 e. The summed E-state index contributed by atoms with van der Waals surface area (Å²) in [5.41, 5.74) is 2.77. The minimum Gasteiger partial charge on any atom is -0.388 e. The average Bonchev–Trinajstić information content (AvgIpc) is 1.86. The van der Waals surface area contributed by atoms with Gasteiger partial charge in [-0.2, -0.15) is 0 Å². The summed E-state index contributed by atoms with van der Waals surface area (Å²) in [5.74, 6) is 0. The predicted molar refractivity (Wildman–Crippen MR) is 23.3 cm³/mol. The van der Waals surface area contributed by atoms with Crippen LogP contribution in [-0.4, -0.2) is 11.2 Å². The lowest BCUT2D eigenvalue weighted by atomic mass is 10.3. The minimum absolute atomic E-state index is 0.245. The maximum absolute atomic E-state index is 8.58. The molecule has 0 aromatic rings. The molecule has 0 radical (unpaired) electrons. The van der Waals surface area contributed by atoms with E-state index in [1.807, 2.05) is 6.08 Å². The summed E-state index contributed by atoms with van der Waals surface area (Å²) in [6, 6.07) is 0. The molecule has 0 aromatic heterocycles. The fraction of sp³-hybridized carbons (Fsp3) is 0.400. The van der Waals surface area contributed by atoms with Crippen molar-refractivity contribution in [3.05, 3.63) is 17.9 Å². The fourth-order valence-corrected chi connectivity index (χ4v) is 0.436. The van der Waals surface area contributed by atoms with Crippen LogP contribution in [0.2, 0.25) is 0 Å². The molecule has 0 saturated carbocycles. The van der Waals surface area contributed by atoms with Crippen LogP contribution in [-0.2, 0) is 0 Å². The largest absolute Gasteiger partial charge is 0.388 e. The molecule has 1 N–H and O–H groups in total. The molecule has 0 saturated heterocycles. The Labute approximate surface area is 36.6 Å². The van der Waals surface area contributed by atoms with Crippen LogP contribution < -0.4 is 0 Å². The van der Waals surface area contributed by atoms with E-state index in [1.165, 1.54) is 0 Å². The standard InChI is InChI=1S/C5H6O/c6-5-3-1-2-4-5/h1,4-6H,3H2. The molecular weight excluding hydrogens is 76.1 g/mol. The first kappa shape index (κ1) is 3.66. The monoisotopic (exact) mass is 82.0 g/mol. The molecule has 32 valence electrons. The van der Waals surface area contributed by atoms with E-state index in [4.69, 9.17) is 5.11 Å². The number of aliphatic hydroxyl groups excluding tert-OH is 1. The van der Waals surface area contributed by atoms with Crippen LogP contribution in [0, 0.1) is 0 Å². The Bertz CT molecular complexity index is 98.5. The van der Waals surface area contributed by atoms with Gasteiger partial charge < -0.3 is 5.11 Å². The second kappa shape index (κ2) is 1.29. The van der Waals surface area contributed by atoms with Crippen LogP contribution in [0.3, 0.4) is 0 Å². The summed E-state index contributed by atoms with van der Waals surface area (Å²) in [7, 11) is 0. The molecule has 0 fully saturated rings. The molecule has 1 aliphatic rings. The lowest BCUT2D eigenvalue weighted by Crippen LogP contribution is -1.93. The van der Waals surface area contributed by atoms with Gasteiger partial charge in [0.2, 0.25) is 0 Å². The van der Waals surface area contributed by atoms with E-state index in [1.54, 1.807) is 6.08 Å². The number of aliphatic hydroxyl groups is 1. The first-order valence-corrected chi connectivity index (χ1v) is 1.99. The molecule has 0 amide bonds. The molecule has 0 aliphatic heterocycles. The van der Waals surface area contributed by atoms with Gasteiger partial charge in [0.15, 0.2) is 0 Å². The van der Waals surface area contributed by atoms with Crippen molar-refractivity contribution in [1.82, 2.24) is 0 Å². The van der Waals surface area contributed by atoms with Crippen LogP contribution in [0.25, 0.3) is 0 Å². The zero-order valence-corrected chi connectivity index (χ0v) is 3.39. The highest BCUT2D eigenvalue weighted by molar-refractivity contribution is 5.00. The predicted octanol–water partition coefficient (Wildman–Crippen LogP) is 0.462. The highest BCUT2D eigenvalue weighted by Gasteiger charge is 1.96. The molecular formula is C5H6O. The molecule has 1 heteroatoms. The number of hydrogen-bond acceptors (Lipinski definition) is 1. The third-order valence-electron chi connectivity index (χ3n) is 0.766. The van der Waals surface area contributed by atoms with Crippen molar-refractivity contribution >= 4 is 0 Å². The van der Waals surface area contributed by atoms with Crippen LogP contribution in [0.4, 0.5) is 0 Å². The lowest BCUT2D eigenvalue weighted by Gasteiger charge is -1.88.